The second-order valence-electron chi connectivity index (χ2n) is 2.24. The maximum atomic E-state index is 12.3. The molecule has 0 aromatic heterocycles. The second kappa shape index (κ2) is 3.38. The lowest BCUT2D eigenvalue weighted by Crippen LogP contribution is -2.05. The molecule has 0 aliphatic heterocycles. The zero-order chi connectivity index (χ0) is 10.1. The van der Waals surface area contributed by atoms with E-state index in [0.717, 1.165) is 6.07 Å². The largest absolute Gasteiger partial charge is 0.408 e. The first-order valence-electron chi connectivity index (χ1n) is 3.20. The molecule has 1 rings (SSSR count). The van der Waals surface area contributed by atoms with Gasteiger partial charge in [0.15, 0.2) is 5.69 Å². The number of rotatable bonds is 0. The maximum absolute atomic E-state index is 12.3. The standard InChI is InChI=1S/C8H3BrF3N/c1-13-6-4-2-3-5(9)7(6)8(10,11)12/h2-4H. The van der Waals surface area contributed by atoms with Crippen LogP contribution in [0.1, 0.15) is 5.56 Å². The normalized spacial score (nSPS) is 11.0. The van der Waals surface area contributed by atoms with Crippen LogP contribution in [-0.2, 0) is 6.18 Å². The van der Waals surface area contributed by atoms with E-state index in [1.807, 2.05) is 0 Å². The van der Waals surface area contributed by atoms with Crippen LogP contribution >= 0.6 is 15.9 Å². The summed E-state index contributed by atoms with van der Waals surface area (Å²) < 4.78 is 36.9. The summed E-state index contributed by atoms with van der Waals surface area (Å²) in [7, 11) is 0. The van der Waals surface area contributed by atoms with E-state index in [2.05, 4.69) is 20.8 Å². The van der Waals surface area contributed by atoms with Crippen LogP contribution in [0.5, 0.6) is 0 Å². The number of hydrogen-bond donors (Lipinski definition) is 0. The molecule has 0 spiro atoms. The van der Waals surface area contributed by atoms with Gasteiger partial charge in [-0.2, -0.15) is 13.2 Å². The minimum Gasteiger partial charge on any atom is -0.237 e. The predicted octanol–water partition coefficient (Wildman–Crippen LogP) is 4.02. The molecular weight excluding hydrogens is 247 g/mol. The highest BCUT2D eigenvalue weighted by atomic mass is 79.9. The van der Waals surface area contributed by atoms with Gasteiger partial charge in [-0.15, -0.1) is 0 Å². The SMILES string of the molecule is [C-]#[N+]c1cccc(Br)c1C(F)(F)F. The first kappa shape index (κ1) is 10.1. The Morgan fingerprint density at radius 2 is 1.92 bits per heavy atom. The van der Waals surface area contributed by atoms with Crippen molar-refractivity contribution >= 4 is 21.6 Å². The molecule has 0 saturated heterocycles. The molecule has 0 heterocycles. The third-order valence-electron chi connectivity index (χ3n) is 1.40. The highest BCUT2D eigenvalue weighted by Gasteiger charge is 2.35. The fraction of sp³-hybridized carbons (Fsp3) is 0.125. The smallest absolute Gasteiger partial charge is 0.237 e. The van der Waals surface area contributed by atoms with E-state index in [4.69, 9.17) is 6.57 Å². The predicted molar refractivity (Wildman–Crippen MR) is 45.4 cm³/mol. The summed E-state index contributed by atoms with van der Waals surface area (Å²) in [4.78, 5) is 2.80. The average molecular weight is 250 g/mol. The summed E-state index contributed by atoms with van der Waals surface area (Å²) in [6.07, 6.45) is -4.49. The van der Waals surface area contributed by atoms with Crippen LogP contribution in [0.4, 0.5) is 18.9 Å². The molecule has 5 heteroatoms. The molecule has 0 saturated carbocycles. The Morgan fingerprint density at radius 3 is 2.31 bits per heavy atom. The molecule has 0 atom stereocenters. The quantitative estimate of drug-likeness (QED) is 0.612. The Kier molecular flexibility index (Phi) is 2.62. The van der Waals surface area contributed by atoms with Crippen LogP contribution in [0.15, 0.2) is 22.7 Å². The summed E-state index contributed by atoms with van der Waals surface area (Å²) in [5.74, 6) is 0. The van der Waals surface area contributed by atoms with Gasteiger partial charge < -0.3 is 0 Å². The Labute approximate surface area is 81.1 Å². The monoisotopic (exact) mass is 249 g/mol. The van der Waals surface area contributed by atoms with Gasteiger partial charge in [-0.05, 0) is 6.07 Å². The van der Waals surface area contributed by atoms with Crippen LogP contribution < -0.4 is 0 Å². The molecule has 0 unspecified atom stereocenters. The molecular formula is C8H3BrF3N. The molecule has 0 radical (unpaired) electrons. The number of nitrogens with zero attached hydrogens (tertiary/aromatic N) is 1. The second-order valence-corrected chi connectivity index (χ2v) is 3.10. The van der Waals surface area contributed by atoms with Gasteiger partial charge in [-0.25, -0.2) is 4.85 Å². The van der Waals surface area contributed by atoms with E-state index in [9.17, 15) is 13.2 Å². The molecule has 0 amide bonds. The molecule has 13 heavy (non-hydrogen) atoms. The van der Waals surface area contributed by atoms with Crippen LogP contribution in [0.2, 0.25) is 0 Å². The molecule has 1 aromatic rings. The number of halogens is 4. The summed E-state index contributed by atoms with van der Waals surface area (Å²) in [6.45, 7) is 6.57. The molecule has 68 valence electrons. The number of benzene rings is 1. The van der Waals surface area contributed by atoms with E-state index in [1.165, 1.54) is 12.1 Å². The van der Waals surface area contributed by atoms with Gasteiger partial charge in [0.05, 0.1) is 12.1 Å². The minimum atomic E-state index is -4.49. The lowest BCUT2D eigenvalue weighted by molar-refractivity contribution is -0.137. The third kappa shape index (κ3) is 2.01. The van der Waals surface area contributed by atoms with Gasteiger partial charge in [0.2, 0.25) is 0 Å². The molecule has 0 fully saturated rings. The van der Waals surface area contributed by atoms with Gasteiger partial charge in [0.1, 0.15) is 0 Å². The van der Waals surface area contributed by atoms with E-state index in [0.29, 0.717) is 0 Å². The molecule has 0 N–H and O–H groups in total. The topological polar surface area (TPSA) is 4.36 Å². The van der Waals surface area contributed by atoms with Crippen LogP contribution in [-0.4, -0.2) is 0 Å². The zero-order valence-electron chi connectivity index (χ0n) is 6.19. The minimum absolute atomic E-state index is 0.103. The highest BCUT2D eigenvalue weighted by molar-refractivity contribution is 9.10. The lowest BCUT2D eigenvalue weighted by Gasteiger charge is -2.10. The highest BCUT2D eigenvalue weighted by Crippen LogP contribution is 2.40. The van der Waals surface area contributed by atoms with Gasteiger partial charge in [0.25, 0.3) is 0 Å². The van der Waals surface area contributed by atoms with Crippen molar-refractivity contribution in [2.45, 2.75) is 6.18 Å². The Morgan fingerprint density at radius 1 is 1.31 bits per heavy atom. The Balaban J connectivity index is 3.43. The summed E-state index contributed by atoms with van der Waals surface area (Å²) in [5.41, 5.74) is -1.30. The Bertz CT molecular complexity index is 365. The van der Waals surface area contributed by atoms with Crippen LogP contribution in [0.3, 0.4) is 0 Å². The van der Waals surface area contributed by atoms with Gasteiger partial charge in [-0.3, -0.25) is 0 Å². The van der Waals surface area contributed by atoms with Crippen LogP contribution in [0.25, 0.3) is 4.85 Å². The van der Waals surface area contributed by atoms with Crippen molar-refractivity contribution in [3.8, 4) is 0 Å². The molecule has 0 aliphatic rings. The average Bonchev–Trinajstić information content (AvgIpc) is 2.01. The lowest BCUT2D eigenvalue weighted by atomic mass is 10.2. The number of alkyl halides is 3. The van der Waals surface area contributed by atoms with Crippen molar-refractivity contribution in [3.63, 3.8) is 0 Å². The van der Waals surface area contributed by atoms with Crippen molar-refractivity contribution in [2.24, 2.45) is 0 Å². The van der Waals surface area contributed by atoms with E-state index < -0.39 is 11.7 Å². The summed E-state index contributed by atoms with van der Waals surface area (Å²) >= 11 is 2.76. The van der Waals surface area contributed by atoms with Gasteiger partial charge >= 0.3 is 6.18 Å². The van der Waals surface area contributed by atoms with Crippen molar-refractivity contribution in [2.75, 3.05) is 0 Å². The molecule has 1 nitrogen and oxygen atoms in total. The molecule has 0 bridgehead atoms. The summed E-state index contributed by atoms with van der Waals surface area (Å²) in [5, 5.41) is 0. The van der Waals surface area contributed by atoms with Crippen molar-refractivity contribution in [1.29, 1.82) is 0 Å². The fourth-order valence-electron chi connectivity index (χ4n) is 0.887. The van der Waals surface area contributed by atoms with E-state index >= 15 is 0 Å². The fourth-order valence-corrected chi connectivity index (χ4v) is 1.47. The van der Waals surface area contributed by atoms with Crippen molar-refractivity contribution in [1.82, 2.24) is 0 Å². The van der Waals surface area contributed by atoms with Gasteiger partial charge in [-0.1, -0.05) is 28.1 Å². The van der Waals surface area contributed by atoms with E-state index in [1.54, 1.807) is 0 Å². The van der Waals surface area contributed by atoms with Crippen molar-refractivity contribution in [3.05, 3.63) is 39.7 Å². The van der Waals surface area contributed by atoms with Crippen LogP contribution in [0, 0.1) is 6.57 Å². The Hall–Kier alpha value is -1.02. The first-order chi connectivity index (χ1) is 5.96. The summed E-state index contributed by atoms with van der Waals surface area (Å²) in [6, 6.07) is 3.80. The molecule has 1 aromatic carbocycles. The van der Waals surface area contributed by atoms with Gasteiger partial charge in [0, 0.05) is 4.47 Å². The number of hydrogen-bond acceptors (Lipinski definition) is 0. The van der Waals surface area contributed by atoms with Crippen molar-refractivity contribution < 1.29 is 13.2 Å². The first-order valence-corrected chi connectivity index (χ1v) is 3.99. The van der Waals surface area contributed by atoms with E-state index in [-0.39, 0.29) is 10.2 Å². The molecule has 0 aliphatic carbocycles. The third-order valence-corrected chi connectivity index (χ3v) is 2.06. The maximum Gasteiger partial charge on any atom is 0.408 e. The zero-order valence-corrected chi connectivity index (χ0v) is 7.78.